The highest BCUT2D eigenvalue weighted by Gasteiger charge is 2.18. The number of hydrogen-bond donors (Lipinski definition) is 1. The van der Waals surface area contributed by atoms with Gasteiger partial charge in [0.2, 0.25) is 0 Å². The molecule has 1 rings (SSSR count). The van der Waals surface area contributed by atoms with Crippen LogP contribution in [0, 0.1) is 12.3 Å². The minimum atomic E-state index is -0.515. The van der Waals surface area contributed by atoms with Crippen molar-refractivity contribution in [3.8, 4) is 0 Å². The van der Waals surface area contributed by atoms with Crippen LogP contribution in [-0.4, -0.2) is 15.7 Å². The van der Waals surface area contributed by atoms with Gasteiger partial charge in [0.05, 0.1) is 0 Å². The molecule has 1 heterocycles. The second-order valence-electron chi connectivity index (χ2n) is 5.01. The average Bonchev–Trinajstić information content (AvgIpc) is 2.54. The smallest absolute Gasteiger partial charge is 0.337 e. The molecule has 5 nitrogen and oxygen atoms in total. The zero-order valence-corrected chi connectivity index (χ0v) is 11.0. The number of nitrogens with zero attached hydrogens (tertiary/aromatic N) is 2. The van der Waals surface area contributed by atoms with Crippen LogP contribution in [0.1, 0.15) is 37.0 Å². The van der Waals surface area contributed by atoms with E-state index in [1.807, 2.05) is 27.7 Å². The van der Waals surface area contributed by atoms with Crippen LogP contribution in [0.25, 0.3) is 0 Å². The van der Waals surface area contributed by atoms with Gasteiger partial charge in [0.25, 0.3) is 0 Å². The molecule has 0 saturated carbocycles. The fraction of sp³-hybridized carbons (Fsp3) is 0.500. The molecule has 17 heavy (non-hydrogen) atoms. The Morgan fingerprint density at radius 2 is 2.12 bits per heavy atom. The van der Waals surface area contributed by atoms with Crippen molar-refractivity contribution in [1.82, 2.24) is 15.3 Å². The van der Waals surface area contributed by atoms with E-state index in [-0.39, 0.29) is 11.1 Å². The van der Waals surface area contributed by atoms with Gasteiger partial charge in [-0.2, -0.15) is 5.10 Å². The number of carbonyl (C=O) groups is 1. The second kappa shape index (κ2) is 4.61. The molecule has 0 amide bonds. The molecule has 0 fully saturated rings. The molecular weight excluding hydrogens is 218 g/mol. The van der Waals surface area contributed by atoms with Gasteiger partial charge in [-0.3, -0.25) is 4.68 Å². The quantitative estimate of drug-likeness (QED) is 0.816. The molecule has 0 unspecified atom stereocenters. The summed E-state index contributed by atoms with van der Waals surface area (Å²) in [6, 6.07) is 1.67. The summed E-state index contributed by atoms with van der Waals surface area (Å²) in [5.41, 5.74) is 4.20. The number of allylic oxidation sites excluding steroid dienone is 1. The van der Waals surface area contributed by atoms with E-state index in [1.165, 1.54) is 0 Å². The third-order valence-corrected chi connectivity index (χ3v) is 2.50. The minimum absolute atomic E-state index is 0.166. The normalized spacial score (nSPS) is 11.1. The second-order valence-corrected chi connectivity index (χ2v) is 5.01. The molecule has 94 valence electrons. The van der Waals surface area contributed by atoms with Gasteiger partial charge in [-0.05, 0) is 13.0 Å². The first-order valence-electron chi connectivity index (χ1n) is 5.39. The Hall–Kier alpha value is -1.78. The minimum Gasteiger partial charge on any atom is -0.337 e. The molecule has 1 aromatic rings. The van der Waals surface area contributed by atoms with Crippen LogP contribution in [-0.2, 0) is 11.9 Å². The highest BCUT2D eigenvalue weighted by atomic mass is 16.7. The van der Waals surface area contributed by atoms with Crippen LogP contribution >= 0.6 is 0 Å². The van der Waals surface area contributed by atoms with Gasteiger partial charge in [0.15, 0.2) is 5.69 Å². The molecule has 0 bridgehead atoms. The van der Waals surface area contributed by atoms with E-state index in [4.69, 9.17) is 4.84 Å². The molecule has 0 aliphatic carbocycles. The predicted octanol–water partition coefficient (Wildman–Crippen LogP) is 1.95. The lowest BCUT2D eigenvalue weighted by atomic mass is 9.94. The lowest BCUT2D eigenvalue weighted by molar-refractivity contribution is 0.0281. The summed E-state index contributed by atoms with van der Waals surface area (Å²) in [6.07, 6.45) is 0. The van der Waals surface area contributed by atoms with Crippen molar-refractivity contribution in [1.29, 1.82) is 0 Å². The summed E-state index contributed by atoms with van der Waals surface area (Å²) in [7, 11) is 1.77. The molecule has 5 heteroatoms. The lowest BCUT2D eigenvalue weighted by Gasteiger charge is -2.21. The Kier molecular flexibility index (Phi) is 3.60. The van der Waals surface area contributed by atoms with Crippen molar-refractivity contribution in [2.75, 3.05) is 0 Å². The Balaban J connectivity index is 2.60. The number of carbonyl (C=O) groups excluding carboxylic acids is 1. The molecule has 1 N–H and O–H groups in total. The van der Waals surface area contributed by atoms with Crippen LogP contribution in [0.2, 0.25) is 0 Å². The van der Waals surface area contributed by atoms with Crippen molar-refractivity contribution in [3.05, 3.63) is 29.7 Å². The molecule has 0 spiro atoms. The van der Waals surface area contributed by atoms with Crippen molar-refractivity contribution >= 4 is 5.97 Å². The van der Waals surface area contributed by atoms with Crippen molar-refractivity contribution in [2.24, 2.45) is 12.5 Å². The van der Waals surface area contributed by atoms with Crippen LogP contribution in [0.5, 0.6) is 0 Å². The van der Waals surface area contributed by atoms with Crippen LogP contribution < -0.4 is 5.48 Å². The first kappa shape index (κ1) is 13.3. The topological polar surface area (TPSA) is 56.1 Å². The number of nitrogens with one attached hydrogen (secondary N) is 1. The van der Waals surface area contributed by atoms with Gasteiger partial charge < -0.3 is 4.84 Å². The molecule has 0 radical (unpaired) electrons. The highest BCUT2D eigenvalue weighted by molar-refractivity contribution is 5.87. The Bertz CT molecular complexity index is 422. The summed E-state index contributed by atoms with van der Waals surface area (Å²) in [5.74, 6) is -0.515. The standard InChI is InChI=1S/C12H19N3O2/c1-8-7-10(13-15(8)6)11(16)17-14-9(2)12(3,4)5/h7,14H,2H2,1,3-6H3. The van der Waals surface area contributed by atoms with Gasteiger partial charge in [0, 0.05) is 23.9 Å². The third kappa shape index (κ3) is 3.34. The van der Waals surface area contributed by atoms with Crippen LogP contribution in [0.3, 0.4) is 0 Å². The number of hydrogen-bond acceptors (Lipinski definition) is 4. The van der Waals surface area contributed by atoms with Crippen molar-refractivity contribution < 1.29 is 9.63 Å². The van der Waals surface area contributed by atoms with E-state index < -0.39 is 5.97 Å². The van der Waals surface area contributed by atoms with E-state index in [0.717, 1.165) is 5.69 Å². The fourth-order valence-electron chi connectivity index (χ4n) is 0.974. The van der Waals surface area contributed by atoms with Gasteiger partial charge in [0.1, 0.15) is 0 Å². The maximum absolute atomic E-state index is 11.6. The van der Waals surface area contributed by atoms with Crippen molar-refractivity contribution in [2.45, 2.75) is 27.7 Å². The molecule has 0 aliphatic rings. The highest BCUT2D eigenvalue weighted by Crippen LogP contribution is 2.20. The average molecular weight is 237 g/mol. The molecule has 0 saturated heterocycles. The van der Waals surface area contributed by atoms with E-state index in [1.54, 1.807) is 17.8 Å². The summed E-state index contributed by atoms with van der Waals surface area (Å²) >= 11 is 0. The largest absolute Gasteiger partial charge is 0.382 e. The van der Waals surface area contributed by atoms with E-state index >= 15 is 0 Å². The Labute approximate surface area is 101 Å². The van der Waals surface area contributed by atoms with Gasteiger partial charge >= 0.3 is 5.97 Å². The molecule has 0 aromatic carbocycles. The summed E-state index contributed by atoms with van der Waals surface area (Å²) < 4.78 is 1.62. The van der Waals surface area contributed by atoms with Gasteiger partial charge in [-0.1, -0.05) is 27.4 Å². The lowest BCUT2D eigenvalue weighted by Crippen LogP contribution is -2.26. The summed E-state index contributed by atoms with van der Waals surface area (Å²) in [4.78, 5) is 16.6. The van der Waals surface area contributed by atoms with E-state index in [2.05, 4.69) is 17.2 Å². The number of aromatic nitrogens is 2. The molecular formula is C12H19N3O2. The zero-order valence-electron chi connectivity index (χ0n) is 11.0. The summed E-state index contributed by atoms with van der Waals surface area (Å²) in [5, 5.41) is 4.02. The maximum atomic E-state index is 11.6. The van der Waals surface area contributed by atoms with E-state index in [0.29, 0.717) is 5.70 Å². The van der Waals surface area contributed by atoms with Crippen LogP contribution in [0.4, 0.5) is 0 Å². The third-order valence-electron chi connectivity index (χ3n) is 2.50. The van der Waals surface area contributed by atoms with Gasteiger partial charge in [-0.25, -0.2) is 10.3 Å². The zero-order chi connectivity index (χ0) is 13.2. The Morgan fingerprint density at radius 1 is 1.53 bits per heavy atom. The first-order valence-corrected chi connectivity index (χ1v) is 5.39. The number of rotatable bonds is 3. The molecule has 0 atom stereocenters. The first-order chi connectivity index (χ1) is 7.71. The van der Waals surface area contributed by atoms with Crippen LogP contribution in [0.15, 0.2) is 18.3 Å². The fourth-order valence-corrected chi connectivity index (χ4v) is 0.974. The predicted molar refractivity (Wildman–Crippen MR) is 65.1 cm³/mol. The number of aryl methyl sites for hydroxylation is 2. The Morgan fingerprint density at radius 3 is 2.53 bits per heavy atom. The number of hydroxylamine groups is 1. The van der Waals surface area contributed by atoms with Crippen molar-refractivity contribution in [3.63, 3.8) is 0 Å². The SMILES string of the molecule is C=C(NOC(=O)c1cc(C)n(C)n1)C(C)(C)C. The van der Waals surface area contributed by atoms with E-state index in [9.17, 15) is 4.79 Å². The molecule has 1 aromatic heterocycles. The maximum Gasteiger partial charge on any atom is 0.382 e. The summed E-state index contributed by atoms with van der Waals surface area (Å²) in [6.45, 7) is 11.6. The van der Waals surface area contributed by atoms with Gasteiger partial charge in [-0.15, -0.1) is 0 Å². The molecule has 0 aliphatic heterocycles. The monoisotopic (exact) mass is 237 g/mol.